The molecular formula is C28H56. The first-order valence-corrected chi connectivity index (χ1v) is 11.7. The minimum atomic E-state index is 0.705. The molecule has 1 fully saturated rings. The molecule has 28 heavy (non-hydrogen) atoms. The Balaban J connectivity index is -0.000000176. The summed E-state index contributed by atoms with van der Waals surface area (Å²) in [6.45, 7) is 33.9. The fourth-order valence-electron chi connectivity index (χ4n) is 3.25. The van der Waals surface area contributed by atoms with Crippen LogP contribution in [-0.2, 0) is 0 Å². The van der Waals surface area contributed by atoms with Crippen molar-refractivity contribution in [1.29, 1.82) is 0 Å². The summed E-state index contributed by atoms with van der Waals surface area (Å²) in [7, 11) is 0. The Bertz CT molecular complexity index is 389. The third-order valence-corrected chi connectivity index (χ3v) is 5.59. The van der Waals surface area contributed by atoms with Gasteiger partial charge >= 0.3 is 0 Å². The Morgan fingerprint density at radius 3 is 1.39 bits per heavy atom. The van der Waals surface area contributed by atoms with Crippen LogP contribution in [0, 0.1) is 17.3 Å². The maximum atomic E-state index is 3.00. The first-order valence-electron chi connectivity index (χ1n) is 11.7. The molecule has 0 aromatic heterocycles. The average Bonchev–Trinajstić information content (AvgIpc) is 2.71. The monoisotopic (exact) mass is 392 g/mol. The van der Waals surface area contributed by atoms with Crippen LogP contribution < -0.4 is 0 Å². The summed E-state index contributed by atoms with van der Waals surface area (Å²) in [5, 5.41) is 0. The van der Waals surface area contributed by atoms with Crippen molar-refractivity contribution in [2.45, 2.75) is 116 Å². The smallest absolute Gasteiger partial charge is 0.0195 e. The zero-order valence-electron chi connectivity index (χ0n) is 22.1. The molecule has 0 amide bonds. The summed E-state index contributed by atoms with van der Waals surface area (Å²) >= 11 is 0. The van der Waals surface area contributed by atoms with Gasteiger partial charge in [-0.3, -0.25) is 0 Å². The molecule has 0 nitrogen and oxygen atoms in total. The van der Waals surface area contributed by atoms with Crippen molar-refractivity contribution < 1.29 is 0 Å². The molecular weight excluding hydrogens is 336 g/mol. The van der Waals surface area contributed by atoms with Crippen LogP contribution >= 0.6 is 0 Å². The molecule has 168 valence electrons. The molecule has 0 aliphatic heterocycles. The van der Waals surface area contributed by atoms with Crippen LogP contribution in [-0.4, -0.2) is 0 Å². The Morgan fingerprint density at radius 1 is 0.857 bits per heavy atom. The summed E-state index contributed by atoms with van der Waals surface area (Å²) in [6, 6.07) is 0. The third-order valence-electron chi connectivity index (χ3n) is 5.59. The van der Waals surface area contributed by atoms with Gasteiger partial charge < -0.3 is 0 Å². The molecule has 1 rings (SSSR count). The highest BCUT2D eigenvalue weighted by molar-refractivity contribution is 5.25. The lowest BCUT2D eigenvalue weighted by Crippen LogP contribution is -2.36. The Kier molecular flexibility index (Phi) is 27.4. The van der Waals surface area contributed by atoms with E-state index in [1.165, 1.54) is 36.8 Å². The Morgan fingerprint density at radius 2 is 1.18 bits per heavy atom. The number of hydrogen-bond acceptors (Lipinski definition) is 0. The molecule has 1 aliphatic carbocycles. The van der Waals surface area contributed by atoms with Gasteiger partial charge in [0.05, 0.1) is 0 Å². The van der Waals surface area contributed by atoms with Gasteiger partial charge in [0.25, 0.3) is 0 Å². The van der Waals surface area contributed by atoms with Gasteiger partial charge in [0.2, 0.25) is 0 Å². The molecule has 0 bridgehead atoms. The van der Waals surface area contributed by atoms with E-state index < -0.39 is 0 Å². The van der Waals surface area contributed by atoms with E-state index in [-0.39, 0.29) is 0 Å². The fraction of sp³-hybridized carbons (Fsp3) is 0.714. The number of allylic oxidation sites excluding steroid dienone is 6. The second-order valence-electron chi connectivity index (χ2n) is 7.41. The SMILES string of the molecule is C/C=C(C)\C(C)=C/C.C=C.CC.CC.CCC1(CC)CC(/C(C)=C/C(C)C)C1. The first kappa shape index (κ1) is 34.5. The zero-order chi connectivity index (χ0) is 23.3. The van der Waals surface area contributed by atoms with Crippen molar-refractivity contribution in [2.75, 3.05) is 0 Å². The summed E-state index contributed by atoms with van der Waals surface area (Å²) in [4.78, 5) is 0. The average molecular weight is 393 g/mol. The van der Waals surface area contributed by atoms with Crippen molar-refractivity contribution in [2.24, 2.45) is 17.3 Å². The van der Waals surface area contributed by atoms with Crippen molar-refractivity contribution in [3.8, 4) is 0 Å². The molecule has 1 saturated carbocycles. The van der Waals surface area contributed by atoms with Crippen molar-refractivity contribution in [3.05, 3.63) is 48.1 Å². The highest BCUT2D eigenvalue weighted by atomic mass is 14.5. The van der Waals surface area contributed by atoms with Crippen LogP contribution in [0.15, 0.2) is 48.1 Å². The first-order chi connectivity index (χ1) is 13.2. The van der Waals surface area contributed by atoms with E-state index in [0.29, 0.717) is 11.3 Å². The van der Waals surface area contributed by atoms with Crippen LogP contribution in [0.5, 0.6) is 0 Å². The van der Waals surface area contributed by atoms with Crippen molar-refractivity contribution >= 4 is 0 Å². The van der Waals surface area contributed by atoms with E-state index in [9.17, 15) is 0 Å². The van der Waals surface area contributed by atoms with Gasteiger partial charge in [-0.15, -0.1) is 13.2 Å². The van der Waals surface area contributed by atoms with Gasteiger partial charge in [-0.2, -0.15) is 0 Å². The van der Waals surface area contributed by atoms with Crippen LogP contribution in [0.1, 0.15) is 116 Å². The van der Waals surface area contributed by atoms with E-state index in [1.807, 2.05) is 27.7 Å². The van der Waals surface area contributed by atoms with Gasteiger partial charge in [0.15, 0.2) is 0 Å². The largest absolute Gasteiger partial charge is 0.106 e. The fourth-order valence-corrected chi connectivity index (χ4v) is 3.25. The summed E-state index contributed by atoms with van der Waals surface area (Å²) in [5.74, 6) is 1.62. The zero-order valence-corrected chi connectivity index (χ0v) is 22.1. The van der Waals surface area contributed by atoms with Gasteiger partial charge in [0.1, 0.15) is 0 Å². The van der Waals surface area contributed by atoms with E-state index in [1.54, 1.807) is 5.57 Å². The van der Waals surface area contributed by atoms with E-state index in [0.717, 1.165) is 5.92 Å². The molecule has 0 heteroatoms. The predicted molar refractivity (Wildman–Crippen MR) is 137 cm³/mol. The maximum Gasteiger partial charge on any atom is -0.0195 e. The minimum Gasteiger partial charge on any atom is -0.106 e. The molecule has 0 N–H and O–H groups in total. The topological polar surface area (TPSA) is 0 Å². The molecule has 0 radical (unpaired) electrons. The molecule has 0 saturated heterocycles. The summed E-state index contributed by atoms with van der Waals surface area (Å²) < 4.78 is 0. The second kappa shape index (κ2) is 22.3. The molecule has 0 atom stereocenters. The van der Waals surface area contributed by atoms with Crippen LogP contribution in [0.2, 0.25) is 0 Å². The summed E-state index contributed by atoms with van der Waals surface area (Å²) in [6.07, 6.45) is 12.3. The molecule has 0 aromatic rings. The van der Waals surface area contributed by atoms with Crippen LogP contribution in [0.3, 0.4) is 0 Å². The Hall–Kier alpha value is -1.04. The normalized spacial score (nSPS) is 16.0. The van der Waals surface area contributed by atoms with Gasteiger partial charge in [-0.05, 0) is 64.7 Å². The number of rotatable bonds is 5. The Labute approximate surface area is 181 Å². The molecule has 0 unspecified atom stereocenters. The molecule has 1 aliphatic rings. The minimum absolute atomic E-state index is 0.705. The second-order valence-corrected chi connectivity index (χ2v) is 7.41. The summed E-state index contributed by atoms with van der Waals surface area (Å²) in [5.41, 5.74) is 5.08. The van der Waals surface area contributed by atoms with Crippen molar-refractivity contribution in [1.82, 2.24) is 0 Å². The lowest BCUT2D eigenvalue weighted by Gasteiger charge is -2.48. The predicted octanol–water partition coefficient (Wildman–Crippen LogP) is 10.6. The highest BCUT2D eigenvalue weighted by Crippen LogP contribution is 2.53. The lowest BCUT2D eigenvalue weighted by molar-refractivity contribution is 0.0663. The van der Waals surface area contributed by atoms with Gasteiger partial charge in [0, 0.05) is 0 Å². The van der Waals surface area contributed by atoms with Crippen LogP contribution in [0.4, 0.5) is 0 Å². The van der Waals surface area contributed by atoms with Crippen molar-refractivity contribution in [3.63, 3.8) is 0 Å². The highest BCUT2D eigenvalue weighted by Gasteiger charge is 2.41. The molecule has 0 spiro atoms. The van der Waals surface area contributed by atoms with E-state index in [2.05, 4.69) is 93.7 Å². The standard InChI is InChI=1S/C14H26.C8H14.2C2H6.C2H4/c1-6-14(7-2)9-13(10-14)12(5)8-11(3)4;1-5-7(3)8(4)6-2;3*1-2/h8,11,13H,6-7,9-10H2,1-5H3;5-6H,1-4H3;2*1-2H3;1-2H2/b12-8+;7-5-,8-6-;;;. The lowest BCUT2D eigenvalue weighted by atomic mass is 9.57. The quantitative estimate of drug-likeness (QED) is 0.322. The maximum absolute atomic E-state index is 3.00. The van der Waals surface area contributed by atoms with Gasteiger partial charge in [-0.1, -0.05) is 103 Å². The van der Waals surface area contributed by atoms with E-state index >= 15 is 0 Å². The van der Waals surface area contributed by atoms with Crippen LogP contribution in [0.25, 0.3) is 0 Å². The van der Waals surface area contributed by atoms with E-state index in [4.69, 9.17) is 0 Å². The molecule has 0 heterocycles. The van der Waals surface area contributed by atoms with Gasteiger partial charge in [-0.25, -0.2) is 0 Å². The third kappa shape index (κ3) is 14.9. The number of hydrogen-bond donors (Lipinski definition) is 0. The molecule has 0 aromatic carbocycles.